The highest BCUT2D eigenvalue weighted by molar-refractivity contribution is 5.27. The Labute approximate surface area is 105 Å². The van der Waals surface area contributed by atoms with Crippen LogP contribution in [0.25, 0.3) is 0 Å². The Balaban J connectivity index is 1.72. The number of benzene rings is 1. The summed E-state index contributed by atoms with van der Waals surface area (Å²) < 4.78 is 33.7. The predicted molar refractivity (Wildman–Crippen MR) is 63.8 cm³/mol. The maximum atomic E-state index is 11.9. The highest BCUT2D eigenvalue weighted by Crippen LogP contribution is 2.15. The Kier molecular flexibility index (Phi) is 4.90. The van der Waals surface area contributed by atoms with E-state index in [0.717, 1.165) is 31.6 Å². The molecule has 18 heavy (non-hydrogen) atoms. The van der Waals surface area contributed by atoms with E-state index in [0.29, 0.717) is 12.6 Å². The number of nitrogens with one attached hydrogen (secondary N) is 1. The Morgan fingerprint density at radius 3 is 2.72 bits per heavy atom. The predicted octanol–water partition coefficient (Wildman–Crippen LogP) is 2.56. The average Bonchev–Trinajstić information content (AvgIpc) is 2.84. The number of halogens is 2. The van der Waals surface area contributed by atoms with E-state index < -0.39 is 6.61 Å². The van der Waals surface area contributed by atoms with Crippen LogP contribution in [0.5, 0.6) is 5.75 Å². The van der Waals surface area contributed by atoms with Crippen molar-refractivity contribution in [2.45, 2.75) is 32.1 Å². The zero-order valence-corrected chi connectivity index (χ0v) is 10.1. The number of rotatable bonds is 6. The number of alkyl halides is 2. The lowest BCUT2D eigenvalue weighted by atomic mass is 10.2. The molecule has 0 radical (unpaired) electrons. The maximum Gasteiger partial charge on any atom is 0.387 e. The molecule has 100 valence electrons. The van der Waals surface area contributed by atoms with Crippen LogP contribution in [-0.4, -0.2) is 25.9 Å². The summed E-state index contributed by atoms with van der Waals surface area (Å²) in [7, 11) is 0. The van der Waals surface area contributed by atoms with Gasteiger partial charge in [0.15, 0.2) is 0 Å². The van der Waals surface area contributed by atoms with E-state index in [4.69, 9.17) is 4.74 Å². The van der Waals surface area contributed by atoms with Gasteiger partial charge in [0.05, 0.1) is 6.10 Å². The van der Waals surface area contributed by atoms with Gasteiger partial charge in [-0.1, -0.05) is 12.1 Å². The summed E-state index contributed by atoms with van der Waals surface area (Å²) >= 11 is 0. The van der Waals surface area contributed by atoms with E-state index in [1.165, 1.54) is 0 Å². The number of hydrogen-bond acceptors (Lipinski definition) is 3. The summed E-state index contributed by atoms with van der Waals surface area (Å²) in [5.74, 6) is 0.188. The van der Waals surface area contributed by atoms with E-state index >= 15 is 0 Å². The summed E-state index contributed by atoms with van der Waals surface area (Å²) in [6.45, 7) is -0.385. The van der Waals surface area contributed by atoms with Crippen LogP contribution in [0.15, 0.2) is 24.3 Å². The normalized spacial score (nSPS) is 19.4. The van der Waals surface area contributed by atoms with E-state index in [1.54, 1.807) is 24.3 Å². The smallest absolute Gasteiger partial charge is 0.387 e. The van der Waals surface area contributed by atoms with Crippen molar-refractivity contribution < 1.29 is 18.3 Å². The highest BCUT2D eigenvalue weighted by atomic mass is 19.3. The first-order chi connectivity index (χ1) is 8.74. The monoisotopic (exact) mass is 257 g/mol. The topological polar surface area (TPSA) is 30.5 Å². The largest absolute Gasteiger partial charge is 0.435 e. The van der Waals surface area contributed by atoms with Crippen LogP contribution < -0.4 is 10.1 Å². The number of hydrogen-bond donors (Lipinski definition) is 1. The first kappa shape index (κ1) is 13.2. The van der Waals surface area contributed by atoms with E-state index in [9.17, 15) is 8.78 Å². The van der Waals surface area contributed by atoms with Gasteiger partial charge in [-0.05, 0) is 30.5 Å². The van der Waals surface area contributed by atoms with Crippen molar-refractivity contribution >= 4 is 0 Å². The van der Waals surface area contributed by atoms with E-state index in [-0.39, 0.29) is 5.75 Å². The van der Waals surface area contributed by atoms with Crippen LogP contribution >= 0.6 is 0 Å². The van der Waals surface area contributed by atoms with Crippen molar-refractivity contribution in [3.05, 3.63) is 29.8 Å². The minimum atomic E-state index is -2.77. The fourth-order valence-corrected chi connectivity index (χ4v) is 1.97. The first-order valence-electron chi connectivity index (χ1n) is 6.10. The SMILES string of the molecule is FC(F)Oc1ccc(CNCC2CCCO2)cc1. The molecule has 3 nitrogen and oxygen atoms in total. The minimum Gasteiger partial charge on any atom is -0.435 e. The Bertz CT molecular complexity index is 351. The summed E-state index contributed by atoms with van der Waals surface area (Å²) in [6.07, 6.45) is 2.55. The average molecular weight is 257 g/mol. The molecule has 1 heterocycles. The van der Waals surface area contributed by atoms with Crippen molar-refractivity contribution in [2.75, 3.05) is 13.2 Å². The van der Waals surface area contributed by atoms with Gasteiger partial charge in [0.2, 0.25) is 0 Å². The third kappa shape index (κ3) is 4.23. The van der Waals surface area contributed by atoms with Crippen molar-refractivity contribution in [2.24, 2.45) is 0 Å². The molecule has 1 aliphatic rings. The van der Waals surface area contributed by atoms with Gasteiger partial charge >= 0.3 is 6.61 Å². The maximum absolute atomic E-state index is 11.9. The molecule has 0 saturated carbocycles. The van der Waals surface area contributed by atoms with Crippen molar-refractivity contribution in [3.8, 4) is 5.75 Å². The Morgan fingerprint density at radius 2 is 2.11 bits per heavy atom. The van der Waals surface area contributed by atoms with Crippen LogP contribution in [0.4, 0.5) is 8.78 Å². The third-order valence-corrected chi connectivity index (χ3v) is 2.87. The van der Waals surface area contributed by atoms with Gasteiger partial charge in [-0.2, -0.15) is 8.78 Å². The molecule has 1 atom stereocenters. The molecule has 0 amide bonds. The molecule has 0 aliphatic carbocycles. The molecule has 1 aromatic carbocycles. The summed E-state index contributed by atoms with van der Waals surface area (Å²) in [4.78, 5) is 0. The lowest BCUT2D eigenvalue weighted by Crippen LogP contribution is -2.25. The molecular formula is C13H17F2NO2. The van der Waals surface area contributed by atoms with Crippen molar-refractivity contribution in [1.82, 2.24) is 5.32 Å². The molecule has 1 unspecified atom stereocenters. The molecule has 1 fully saturated rings. The van der Waals surface area contributed by atoms with E-state index in [2.05, 4.69) is 10.1 Å². The van der Waals surface area contributed by atoms with Crippen LogP contribution in [0.3, 0.4) is 0 Å². The van der Waals surface area contributed by atoms with Crippen molar-refractivity contribution in [1.29, 1.82) is 0 Å². The second kappa shape index (κ2) is 6.66. The quantitative estimate of drug-likeness (QED) is 0.849. The Hall–Kier alpha value is -1.20. The van der Waals surface area contributed by atoms with Crippen molar-refractivity contribution in [3.63, 3.8) is 0 Å². The van der Waals surface area contributed by atoms with Gasteiger partial charge in [0.25, 0.3) is 0 Å². The van der Waals surface area contributed by atoms with Crippen LogP contribution in [0.2, 0.25) is 0 Å². The fourth-order valence-electron chi connectivity index (χ4n) is 1.97. The molecule has 5 heteroatoms. The highest BCUT2D eigenvalue weighted by Gasteiger charge is 2.14. The third-order valence-electron chi connectivity index (χ3n) is 2.87. The zero-order chi connectivity index (χ0) is 12.8. The number of ether oxygens (including phenoxy) is 2. The van der Waals surface area contributed by atoms with Gasteiger partial charge in [-0.15, -0.1) is 0 Å². The van der Waals surface area contributed by atoms with Gasteiger partial charge in [0, 0.05) is 19.7 Å². The Morgan fingerprint density at radius 1 is 1.33 bits per heavy atom. The lowest BCUT2D eigenvalue weighted by Gasteiger charge is -2.11. The molecule has 0 aromatic heterocycles. The lowest BCUT2D eigenvalue weighted by molar-refractivity contribution is -0.0498. The summed E-state index contributed by atoms with van der Waals surface area (Å²) in [5.41, 5.74) is 1.04. The second-order valence-corrected chi connectivity index (χ2v) is 4.29. The van der Waals surface area contributed by atoms with Gasteiger partial charge in [-0.3, -0.25) is 0 Å². The summed E-state index contributed by atoms with van der Waals surface area (Å²) in [5, 5.41) is 3.29. The zero-order valence-electron chi connectivity index (χ0n) is 10.1. The fraction of sp³-hybridized carbons (Fsp3) is 0.538. The van der Waals surface area contributed by atoms with Gasteiger partial charge in [0.1, 0.15) is 5.75 Å². The molecule has 1 N–H and O–H groups in total. The summed E-state index contributed by atoms with van der Waals surface area (Å²) in [6, 6.07) is 6.66. The molecule has 1 aliphatic heterocycles. The molecular weight excluding hydrogens is 240 g/mol. The second-order valence-electron chi connectivity index (χ2n) is 4.29. The first-order valence-corrected chi connectivity index (χ1v) is 6.10. The van der Waals surface area contributed by atoms with Crippen LogP contribution in [0, 0.1) is 0 Å². The molecule has 1 saturated heterocycles. The van der Waals surface area contributed by atoms with Crippen LogP contribution in [-0.2, 0) is 11.3 Å². The minimum absolute atomic E-state index is 0.188. The molecule has 2 rings (SSSR count). The molecule has 1 aromatic rings. The van der Waals surface area contributed by atoms with Gasteiger partial charge in [-0.25, -0.2) is 0 Å². The van der Waals surface area contributed by atoms with Crippen LogP contribution in [0.1, 0.15) is 18.4 Å². The standard InChI is InChI=1S/C13H17F2NO2/c14-13(15)18-11-5-3-10(4-6-11)8-16-9-12-2-1-7-17-12/h3-6,12-13,16H,1-2,7-9H2. The van der Waals surface area contributed by atoms with E-state index in [1.807, 2.05) is 0 Å². The molecule has 0 spiro atoms. The van der Waals surface area contributed by atoms with Gasteiger partial charge < -0.3 is 14.8 Å². The molecule has 0 bridgehead atoms.